The molecule has 0 aliphatic carbocycles. The summed E-state index contributed by atoms with van der Waals surface area (Å²) in [6.45, 7) is 0. The summed E-state index contributed by atoms with van der Waals surface area (Å²) < 4.78 is 2.83. The molecule has 0 unspecified atom stereocenters. The molecule has 0 bridgehead atoms. The van der Waals surface area contributed by atoms with Crippen LogP contribution in [0.15, 0.2) is 51.6 Å². The molecular weight excluding hydrogens is 296 g/mol. The number of rotatable bonds is 3. The fraction of sp³-hybridized carbons (Fsp3) is 0. The summed E-state index contributed by atoms with van der Waals surface area (Å²) in [5.41, 5.74) is 12.2. The second kappa shape index (κ2) is 5.46. The maximum Gasteiger partial charge on any atom is 0.211 e. The van der Waals surface area contributed by atoms with Gasteiger partial charge in [0.15, 0.2) is 0 Å². The highest BCUT2D eigenvalue weighted by molar-refractivity contribution is 9.10. The lowest BCUT2D eigenvalue weighted by atomic mass is 10.2. The van der Waals surface area contributed by atoms with Crippen molar-refractivity contribution >= 4 is 28.1 Å². The molecule has 2 rings (SSSR count). The fourth-order valence-electron chi connectivity index (χ4n) is 1.38. The lowest BCUT2D eigenvalue weighted by Crippen LogP contribution is -2.21. The number of imidazole rings is 1. The first kappa shape index (κ1) is 12.3. The van der Waals surface area contributed by atoms with Gasteiger partial charge in [-0.1, -0.05) is 6.07 Å². The predicted molar refractivity (Wildman–Crippen MR) is 74.7 cm³/mol. The number of benzene rings is 1. The van der Waals surface area contributed by atoms with E-state index in [1.165, 1.54) is 0 Å². The van der Waals surface area contributed by atoms with Crippen molar-refractivity contribution in [3.05, 3.63) is 47.0 Å². The van der Waals surface area contributed by atoms with Crippen molar-refractivity contribution < 1.29 is 0 Å². The van der Waals surface area contributed by atoms with E-state index in [-0.39, 0.29) is 5.96 Å². The van der Waals surface area contributed by atoms with E-state index in [4.69, 9.17) is 11.5 Å². The van der Waals surface area contributed by atoms with Gasteiger partial charge < -0.3 is 16.0 Å². The Morgan fingerprint density at radius 1 is 1.39 bits per heavy atom. The van der Waals surface area contributed by atoms with Crippen molar-refractivity contribution in [2.24, 2.45) is 21.7 Å². The third kappa shape index (κ3) is 2.95. The van der Waals surface area contributed by atoms with Crippen LogP contribution >= 0.6 is 15.9 Å². The Labute approximate surface area is 112 Å². The first-order valence-corrected chi connectivity index (χ1v) is 5.86. The molecule has 6 nitrogen and oxygen atoms in total. The number of hydrogen-bond acceptors (Lipinski definition) is 3. The molecule has 0 amide bonds. The Morgan fingerprint density at radius 2 is 2.22 bits per heavy atom. The highest BCUT2D eigenvalue weighted by Crippen LogP contribution is 2.21. The maximum absolute atomic E-state index is 5.17. The standard InChI is InChI=1S/C11H11BrN6/c12-9-5-8(6-16-17-11(13)14)1-2-10(9)18-4-3-15-7-18/h1-7H,(H4,13,14,17). The number of halogens is 1. The predicted octanol–water partition coefficient (Wildman–Crippen LogP) is 1.24. The van der Waals surface area contributed by atoms with Gasteiger partial charge in [-0.05, 0) is 33.6 Å². The Kier molecular flexibility index (Phi) is 3.73. The van der Waals surface area contributed by atoms with Gasteiger partial charge in [-0.15, -0.1) is 5.10 Å². The summed E-state index contributed by atoms with van der Waals surface area (Å²) in [6, 6.07) is 5.77. The van der Waals surface area contributed by atoms with Crippen molar-refractivity contribution in [1.29, 1.82) is 0 Å². The molecule has 0 aliphatic rings. The molecule has 0 atom stereocenters. The van der Waals surface area contributed by atoms with Gasteiger partial charge in [0.25, 0.3) is 0 Å². The van der Waals surface area contributed by atoms with Crippen molar-refractivity contribution in [2.75, 3.05) is 0 Å². The van der Waals surface area contributed by atoms with Gasteiger partial charge in [-0.3, -0.25) is 0 Å². The van der Waals surface area contributed by atoms with E-state index < -0.39 is 0 Å². The molecular formula is C11H11BrN6. The minimum atomic E-state index is -0.0691. The molecule has 4 N–H and O–H groups in total. The summed E-state index contributed by atoms with van der Waals surface area (Å²) in [5.74, 6) is -0.0691. The van der Waals surface area contributed by atoms with Gasteiger partial charge in [0.05, 0.1) is 18.2 Å². The minimum absolute atomic E-state index is 0.0691. The van der Waals surface area contributed by atoms with Crippen LogP contribution in [-0.4, -0.2) is 21.7 Å². The van der Waals surface area contributed by atoms with Crippen LogP contribution in [-0.2, 0) is 0 Å². The van der Waals surface area contributed by atoms with Crippen LogP contribution in [0.4, 0.5) is 0 Å². The smallest absolute Gasteiger partial charge is 0.211 e. The summed E-state index contributed by atoms with van der Waals surface area (Å²) in [4.78, 5) is 4.00. The first-order valence-electron chi connectivity index (χ1n) is 5.06. The van der Waals surface area contributed by atoms with Crippen molar-refractivity contribution in [3.8, 4) is 5.69 Å². The molecule has 1 heterocycles. The van der Waals surface area contributed by atoms with Gasteiger partial charge >= 0.3 is 0 Å². The van der Waals surface area contributed by atoms with Crippen LogP contribution in [0.1, 0.15) is 5.56 Å². The molecule has 0 spiro atoms. The second-order valence-electron chi connectivity index (χ2n) is 3.45. The van der Waals surface area contributed by atoms with Gasteiger partial charge in [0.1, 0.15) is 0 Å². The number of nitrogens with zero attached hydrogens (tertiary/aromatic N) is 4. The Hall–Kier alpha value is -2.15. The zero-order valence-electron chi connectivity index (χ0n) is 9.36. The second-order valence-corrected chi connectivity index (χ2v) is 4.30. The summed E-state index contributed by atoms with van der Waals surface area (Å²) in [7, 11) is 0. The van der Waals surface area contributed by atoms with E-state index in [0.29, 0.717) is 0 Å². The largest absolute Gasteiger partial charge is 0.369 e. The Balaban J connectivity index is 2.26. The number of hydrogen-bond donors (Lipinski definition) is 2. The molecule has 0 saturated heterocycles. The molecule has 2 aromatic rings. The van der Waals surface area contributed by atoms with E-state index in [9.17, 15) is 0 Å². The highest BCUT2D eigenvalue weighted by Gasteiger charge is 2.02. The molecule has 0 fully saturated rings. The molecule has 0 saturated carbocycles. The Morgan fingerprint density at radius 3 is 2.83 bits per heavy atom. The van der Waals surface area contributed by atoms with Crippen molar-refractivity contribution in [1.82, 2.24) is 9.55 Å². The zero-order valence-corrected chi connectivity index (χ0v) is 10.9. The fourth-order valence-corrected chi connectivity index (χ4v) is 1.98. The SMILES string of the molecule is NC(N)=NN=Cc1ccc(-n2ccnc2)c(Br)c1. The van der Waals surface area contributed by atoms with E-state index in [1.807, 2.05) is 29.0 Å². The molecule has 0 radical (unpaired) electrons. The van der Waals surface area contributed by atoms with Crippen molar-refractivity contribution in [3.63, 3.8) is 0 Å². The summed E-state index contributed by atoms with van der Waals surface area (Å²) >= 11 is 3.49. The number of guanidine groups is 1. The van der Waals surface area contributed by atoms with Crippen LogP contribution in [0.3, 0.4) is 0 Å². The van der Waals surface area contributed by atoms with Crippen LogP contribution < -0.4 is 11.5 Å². The number of aromatic nitrogens is 2. The molecule has 18 heavy (non-hydrogen) atoms. The van der Waals surface area contributed by atoms with E-state index in [0.717, 1.165) is 15.7 Å². The lowest BCUT2D eigenvalue weighted by molar-refractivity contribution is 1.05. The third-order valence-corrected chi connectivity index (χ3v) is 2.77. The van der Waals surface area contributed by atoms with Crippen LogP contribution in [0.25, 0.3) is 5.69 Å². The van der Waals surface area contributed by atoms with Crippen LogP contribution in [0, 0.1) is 0 Å². The number of nitrogens with two attached hydrogens (primary N) is 2. The average Bonchev–Trinajstić information content (AvgIpc) is 2.82. The van der Waals surface area contributed by atoms with Gasteiger partial charge in [0, 0.05) is 16.9 Å². The minimum Gasteiger partial charge on any atom is -0.369 e. The lowest BCUT2D eigenvalue weighted by Gasteiger charge is -2.05. The van der Waals surface area contributed by atoms with Gasteiger partial charge in [0.2, 0.25) is 5.96 Å². The van der Waals surface area contributed by atoms with E-state index in [2.05, 4.69) is 31.1 Å². The maximum atomic E-state index is 5.17. The molecule has 0 aliphatic heterocycles. The molecule has 7 heteroatoms. The monoisotopic (exact) mass is 306 g/mol. The Bertz CT molecular complexity index is 584. The topological polar surface area (TPSA) is 94.6 Å². The quantitative estimate of drug-likeness (QED) is 0.507. The molecule has 1 aromatic heterocycles. The normalized spacial score (nSPS) is 10.7. The van der Waals surface area contributed by atoms with Crippen molar-refractivity contribution in [2.45, 2.75) is 0 Å². The highest BCUT2D eigenvalue weighted by atomic mass is 79.9. The third-order valence-electron chi connectivity index (χ3n) is 2.13. The van der Waals surface area contributed by atoms with E-state index in [1.54, 1.807) is 18.7 Å². The summed E-state index contributed by atoms with van der Waals surface area (Å²) in [6.07, 6.45) is 6.89. The molecule has 92 valence electrons. The van der Waals surface area contributed by atoms with Crippen LogP contribution in [0.2, 0.25) is 0 Å². The first-order chi connectivity index (χ1) is 8.66. The summed E-state index contributed by atoms with van der Waals surface area (Å²) in [5, 5.41) is 7.28. The van der Waals surface area contributed by atoms with Gasteiger partial charge in [-0.2, -0.15) is 5.10 Å². The average molecular weight is 307 g/mol. The van der Waals surface area contributed by atoms with E-state index >= 15 is 0 Å². The van der Waals surface area contributed by atoms with Crippen LogP contribution in [0.5, 0.6) is 0 Å². The molecule has 1 aromatic carbocycles. The van der Waals surface area contributed by atoms with Gasteiger partial charge in [-0.25, -0.2) is 4.98 Å². The zero-order chi connectivity index (χ0) is 13.0.